The Labute approximate surface area is 230 Å². The van der Waals surface area contributed by atoms with Crippen LogP contribution in [0.1, 0.15) is 136 Å². The number of carbonyl (C=O) groups is 1. The minimum atomic E-state index is -1.90. The van der Waals surface area contributed by atoms with Crippen molar-refractivity contribution in [3.63, 3.8) is 0 Å². The fraction of sp³-hybridized carbons (Fsp3) is 0.967. The molecule has 0 spiro atoms. The highest BCUT2D eigenvalue weighted by atomic mass is 31.2. The predicted octanol–water partition coefficient (Wildman–Crippen LogP) is 8.21. The van der Waals surface area contributed by atoms with Gasteiger partial charge in [-0.15, -0.1) is 0 Å². The fourth-order valence-electron chi connectivity index (χ4n) is 4.98. The Bertz CT molecular complexity index is 504. The summed E-state index contributed by atoms with van der Waals surface area (Å²) in [5, 5.41) is 0. The van der Waals surface area contributed by atoms with Gasteiger partial charge in [-0.1, -0.05) is 97.3 Å². The third-order valence-electron chi connectivity index (χ3n) is 7.27. The second kappa shape index (κ2) is 26.1. The smallest absolute Gasteiger partial charge is 0.329 e. The molecular formula is C30H60NO5P. The first kappa shape index (κ1) is 34.9. The highest BCUT2D eigenvalue weighted by Gasteiger charge is 2.18. The van der Waals surface area contributed by atoms with E-state index in [0.717, 1.165) is 39.1 Å². The van der Waals surface area contributed by atoms with E-state index >= 15 is 0 Å². The maximum absolute atomic E-state index is 12.2. The summed E-state index contributed by atoms with van der Waals surface area (Å²) < 4.78 is 17.0. The molecule has 0 aromatic carbocycles. The number of nitrogens with zero attached hydrogens (tertiary/aromatic N) is 1. The molecular weight excluding hydrogens is 485 g/mol. The summed E-state index contributed by atoms with van der Waals surface area (Å²) in [7, 11) is -1.90. The van der Waals surface area contributed by atoms with E-state index in [0.29, 0.717) is 32.7 Å². The molecule has 1 saturated heterocycles. The minimum Gasteiger partial charge on any atom is -0.381 e. The number of hydrogen-bond donors (Lipinski definition) is 1. The van der Waals surface area contributed by atoms with Gasteiger partial charge in [0.05, 0.1) is 19.8 Å². The van der Waals surface area contributed by atoms with Crippen molar-refractivity contribution in [2.75, 3.05) is 46.1 Å². The molecule has 6 nitrogen and oxygen atoms in total. The van der Waals surface area contributed by atoms with Gasteiger partial charge in [-0.3, -0.25) is 4.79 Å². The fourth-order valence-corrected chi connectivity index (χ4v) is 5.63. The van der Waals surface area contributed by atoms with E-state index < -0.39 is 8.60 Å². The summed E-state index contributed by atoms with van der Waals surface area (Å²) in [4.78, 5) is 24.6. The van der Waals surface area contributed by atoms with Crippen LogP contribution in [0, 0.1) is 5.92 Å². The van der Waals surface area contributed by atoms with Crippen LogP contribution in [0.25, 0.3) is 0 Å². The molecule has 0 saturated carbocycles. The van der Waals surface area contributed by atoms with Gasteiger partial charge in [0.1, 0.15) is 5.78 Å². The van der Waals surface area contributed by atoms with Crippen LogP contribution in [-0.2, 0) is 18.6 Å². The number of likely N-dealkylation sites (tertiary alicyclic amines) is 1. The second-order valence-corrected chi connectivity index (χ2v) is 11.9. The molecule has 220 valence electrons. The van der Waals surface area contributed by atoms with Gasteiger partial charge in [0.15, 0.2) is 0 Å². The van der Waals surface area contributed by atoms with Crippen molar-refractivity contribution in [2.45, 2.75) is 136 Å². The predicted molar refractivity (Wildman–Crippen MR) is 156 cm³/mol. The van der Waals surface area contributed by atoms with Crippen LogP contribution in [0.15, 0.2) is 0 Å². The van der Waals surface area contributed by atoms with Gasteiger partial charge >= 0.3 is 8.60 Å². The van der Waals surface area contributed by atoms with Crippen LogP contribution in [0.5, 0.6) is 0 Å². The molecule has 0 aromatic heterocycles. The SMILES string of the molecule is CCCCCCCCCCCCCCCCOCC(COP(O)OCCN1CCCC1)CC(=O)CCC. The molecule has 0 amide bonds. The van der Waals surface area contributed by atoms with E-state index in [4.69, 9.17) is 13.8 Å². The number of unbranched alkanes of at least 4 members (excludes halogenated alkanes) is 13. The summed E-state index contributed by atoms with van der Waals surface area (Å²) in [5.41, 5.74) is 0. The molecule has 1 aliphatic rings. The van der Waals surface area contributed by atoms with Crippen molar-refractivity contribution >= 4 is 14.4 Å². The normalized spacial score (nSPS) is 15.9. The first-order valence-corrected chi connectivity index (χ1v) is 16.8. The van der Waals surface area contributed by atoms with Crippen LogP contribution < -0.4 is 0 Å². The van der Waals surface area contributed by atoms with Gasteiger partial charge in [0, 0.05) is 31.9 Å². The molecule has 0 radical (unpaired) electrons. The standard InChI is InChI=1S/C30H60NO5P/c1-3-5-6-7-8-9-10-11-12-13-14-15-16-19-24-34-27-29(26-30(32)20-4-2)28-36-37(33)35-25-23-31-21-17-18-22-31/h29,33H,3-28H2,1-2H3. The quantitative estimate of drug-likeness (QED) is 0.0789. The second-order valence-electron chi connectivity index (χ2n) is 10.9. The molecule has 0 aliphatic carbocycles. The Morgan fingerprint density at radius 2 is 1.32 bits per heavy atom. The van der Waals surface area contributed by atoms with Crippen molar-refractivity contribution in [1.82, 2.24) is 4.90 Å². The zero-order valence-corrected chi connectivity index (χ0v) is 25.3. The highest BCUT2D eigenvalue weighted by molar-refractivity contribution is 7.40. The lowest BCUT2D eigenvalue weighted by Crippen LogP contribution is -2.23. The largest absolute Gasteiger partial charge is 0.381 e. The van der Waals surface area contributed by atoms with E-state index in [9.17, 15) is 9.69 Å². The Morgan fingerprint density at radius 1 is 0.757 bits per heavy atom. The number of Topliss-reactive ketones (excluding diaryl/α,β-unsaturated/α-hetero) is 1. The van der Waals surface area contributed by atoms with Crippen molar-refractivity contribution in [3.05, 3.63) is 0 Å². The van der Waals surface area contributed by atoms with E-state index in [-0.39, 0.29) is 11.7 Å². The Morgan fingerprint density at radius 3 is 1.89 bits per heavy atom. The average Bonchev–Trinajstić information content (AvgIpc) is 3.40. The van der Waals surface area contributed by atoms with Crippen LogP contribution in [0.2, 0.25) is 0 Å². The molecule has 0 bridgehead atoms. The molecule has 1 aliphatic heterocycles. The zero-order chi connectivity index (χ0) is 26.8. The molecule has 7 heteroatoms. The molecule has 1 rings (SSSR count). The molecule has 2 atom stereocenters. The molecule has 37 heavy (non-hydrogen) atoms. The summed E-state index contributed by atoms with van der Waals surface area (Å²) in [6.45, 7) is 9.40. The lowest BCUT2D eigenvalue weighted by molar-refractivity contribution is -0.120. The third kappa shape index (κ3) is 22.4. The molecule has 1 N–H and O–H groups in total. The van der Waals surface area contributed by atoms with Gasteiger partial charge in [-0.05, 0) is 38.8 Å². The number of hydrogen-bond acceptors (Lipinski definition) is 6. The number of ether oxygens (including phenoxy) is 1. The summed E-state index contributed by atoms with van der Waals surface area (Å²) in [5.74, 6) is 0.221. The lowest BCUT2D eigenvalue weighted by Gasteiger charge is -2.19. The number of ketones is 1. The van der Waals surface area contributed by atoms with Gasteiger partial charge < -0.3 is 23.6 Å². The molecule has 2 unspecified atom stereocenters. The third-order valence-corrected chi connectivity index (χ3v) is 8.04. The minimum absolute atomic E-state index is 0.0231. The van der Waals surface area contributed by atoms with Gasteiger partial charge in [0.2, 0.25) is 0 Å². The number of rotatable bonds is 28. The Balaban J connectivity index is 2.02. The van der Waals surface area contributed by atoms with Crippen LogP contribution in [0.4, 0.5) is 0 Å². The topological polar surface area (TPSA) is 68.2 Å². The van der Waals surface area contributed by atoms with Crippen molar-refractivity contribution in [3.8, 4) is 0 Å². The van der Waals surface area contributed by atoms with E-state index in [2.05, 4.69) is 11.8 Å². The monoisotopic (exact) mass is 545 g/mol. The van der Waals surface area contributed by atoms with Crippen LogP contribution in [0.3, 0.4) is 0 Å². The van der Waals surface area contributed by atoms with E-state index in [1.165, 1.54) is 96.3 Å². The summed E-state index contributed by atoms with van der Waals surface area (Å²) in [6.07, 6.45) is 23.3. The maximum Gasteiger partial charge on any atom is 0.329 e. The zero-order valence-electron chi connectivity index (χ0n) is 24.4. The van der Waals surface area contributed by atoms with Crippen molar-refractivity contribution in [1.29, 1.82) is 0 Å². The van der Waals surface area contributed by atoms with Gasteiger partial charge in [-0.2, -0.15) is 0 Å². The van der Waals surface area contributed by atoms with Crippen LogP contribution >= 0.6 is 8.60 Å². The van der Waals surface area contributed by atoms with E-state index in [1.807, 2.05) is 6.92 Å². The Kier molecular flexibility index (Phi) is 24.7. The van der Waals surface area contributed by atoms with Gasteiger partial charge in [-0.25, -0.2) is 0 Å². The van der Waals surface area contributed by atoms with Crippen LogP contribution in [-0.4, -0.2) is 61.6 Å². The van der Waals surface area contributed by atoms with Crippen molar-refractivity contribution in [2.24, 2.45) is 5.92 Å². The highest BCUT2D eigenvalue weighted by Crippen LogP contribution is 2.33. The summed E-state index contributed by atoms with van der Waals surface area (Å²) in [6, 6.07) is 0. The summed E-state index contributed by atoms with van der Waals surface area (Å²) >= 11 is 0. The first-order chi connectivity index (χ1) is 18.2. The first-order valence-electron chi connectivity index (χ1n) is 15.7. The number of carbonyl (C=O) groups excluding carboxylic acids is 1. The molecule has 0 aromatic rings. The maximum atomic E-state index is 12.2. The van der Waals surface area contributed by atoms with Gasteiger partial charge in [0.25, 0.3) is 0 Å². The van der Waals surface area contributed by atoms with Crippen molar-refractivity contribution < 1.29 is 23.5 Å². The Hall–Kier alpha value is -0.100. The molecule has 1 heterocycles. The average molecular weight is 546 g/mol. The van der Waals surface area contributed by atoms with E-state index in [1.54, 1.807) is 0 Å². The lowest BCUT2D eigenvalue weighted by atomic mass is 10.0. The molecule has 1 fully saturated rings.